The normalized spacial score (nSPS) is 27.0. The number of aryl methyl sites for hydroxylation is 1. The maximum absolute atomic E-state index is 10.9. The van der Waals surface area contributed by atoms with Crippen molar-refractivity contribution in [2.45, 2.75) is 64.9 Å². The second kappa shape index (κ2) is 6.49. The van der Waals surface area contributed by atoms with Gasteiger partial charge < -0.3 is 5.11 Å². The van der Waals surface area contributed by atoms with Gasteiger partial charge in [0.1, 0.15) is 0 Å². The van der Waals surface area contributed by atoms with E-state index in [1.54, 1.807) is 0 Å². The molecule has 0 aliphatic heterocycles. The van der Waals surface area contributed by atoms with Crippen LogP contribution >= 0.6 is 11.6 Å². The monoisotopic (exact) mass is 294 g/mol. The SMILES string of the molecule is Cc1ccc(CC2(O)CCCC(CC(C)C)C2)c(Cl)c1. The molecular weight excluding hydrogens is 268 g/mol. The van der Waals surface area contributed by atoms with Gasteiger partial charge in [0.15, 0.2) is 0 Å². The number of hydrogen-bond donors (Lipinski definition) is 1. The topological polar surface area (TPSA) is 20.2 Å². The molecule has 1 aromatic rings. The molecule has 1 nitrogen and oxygen atoms in total. The van der Waals surface area contributed by atoms with Crippen molar-refractivity contribution >= 4 is 11.6 Å². The van der Waals surface area contributed by atoms with Gasteiger partial charge in [-0.3, -0.25) is 0 Å². The van der Waals surface area contributed by atoms with Crippen molar-refractivity contribution in [3.63, 3.8) is 0 Å². The predicted octanol–water partition coefficient (Wildman–Crippen LogP) is 5.16. The average molecular weight is 295 g/mol. The van der Waals surface area contributed by atoms with Crippen molar-refractivity contribution in [2.24, 2.45) is 11.8 Å². The fraction of sp³-hybridized carbons (Fsp3) is 0.667. The largest absolute Gasteiger partial charge is 0.390 e. The van der Waals surface area contributed by atoms with Gasteiger partial charge in [-0.1, -0.05) is 50.4 Å². The summed E-state index contributed by atoms with van der Waals surface area (Å²) in [7, 11) is 0. The third kappa shape index (κ3) is 4.23. The van der Waals surface area contributed by atoms with Crippen LogP contribution in [0.1, 0.15) is 57.1 Å². The zero-order valence-corrected chi connectivity index (χ0v) is 13.7. The Balaban J connectivity index is 2.06. The summed E-state index contributed by atoms with van der Waals surface area (Å²) >= 11 is 6.32. The molecular formula is C18H27ClO. The van der Waals surface area contributed by atoms with Gasteiger partial charge in [0, 0.05) is 11.4 Å². The minimum absolute atomic E-state index is 0.559. The lowest BCUT2D eigenvalue weighted by atomic mass is 9.73. The van der Waals surface area contributed by atoms with Crippen molar-refractivity contribution in [1.82, 2.24) is 0 Å². The molecule has 1 aliphatic rings. The van der Waals surface area contributed by atoms with E-state index in [2.05, 4.69) is 26.0 Å². The lowest BCUT2D eigenvalue weighted by molar-refractivity contribution is -0.0189. The number of halogens is 1. The van der Waals surface area contributed by atoms with E-state index in [0.29, 0.717) is 18.3 Å². The lowest BCUT2D eigenvalue weighted by Gasteiger charge is -2.38. The molecule has 1 N–H and O–H groups in total. The highest BCUT2D eigenvalue weighted by Gasteiger charge is 2.34. The second-order valence-corrected chi connectivity index (χ2v) is 7.50. The van der Waals surface area contributed by atoms with Gasteiger partial charge in [-0.2, -0.15) is 0 Å². The predicted molar refractivity (Wildman–Crippen MR) is 86.3 cm³/mol. The van der Waals surface area contributed by atoms with Crippen LogP contribution in [0.4, 0.5) is 0 Å². The van der Waals surface area contributed by atoms with Crippen LogP contribution in [0.2, 0.25) is 5.02 Å². The molecule has 0 heterocycles. The Bertz CT molecular complexity index is 455. The molecule has 0 amide bonds. The molecule has 0 aromatic heterocycles. The third-order valence-electron chi connectivity index (χ3n) is 4.46. The van der Waals surface area contributed by atoms with Crippen molar-refractivity contribution < 1.29 is 5.11 Å². The minimum Gasteiger partial charge on any atom is -0.390 e. The summed E-state index contributed by atoms with van der Waals surface area (Å²) in [6.07, 6.45) is 6.16. The van der Waals surface area contributed by atoms with E-state index < -0.39 is 5.60 Å². The van der Waals surface area contributed by atoms with Gasteiger partial charge in [0.05, 0.1) is 5.60 Å². The molecule has 1 aliphatic carbocycles. The van der Waals surface area contributed by atoms with Gasteiger partial charge >= 0.3 is 0 Å². The zero-order chi connectivity index (χ0) is 14.8. The molecule has 2 heteroatoms. The zero-order valence-electron chi connectivity index (χ0n) is 13.0. The summed E-state index contributed by atoms with van der Waals surface area (Å²) in [4.78, 5) is 0. The van der Waals surface area contributed by atoms with Crippen LogP contribution in [0.15, 0.2) is 18.2 Å². The van der Waals surface area contributed by atoms with Gasteiger partial charge in [0.2, 0.25) is 0 Å². The first-order valence-electron chi connectivity index (χ1n) is 7.85. The first-order valence-corrected chi connectivity index (χ1v) is 8.23. The van der Waals surface area contributed by atoms with Crippen LogP contribution in [-0.2, 0) is 6.42 Å². The Hall–Kier alpha value is -0.530. The summed E-state index contributed by atoms with van der Waals surface area (Å²) in [6.45, 7) is 6.58. The van der Waals surface area contributed by atoms with E-state index in [1.165, 1.54) is 18.4 Å². The van der Waals surface area contributed by atoms with Crippen molar-refractivity contribution in [2.75, 3.05) is 0 Å². The second-order valence-electron chi connectivity index (χ2n) is 7.09. The third-order valence-corrected chi connectivity index (χ3v) is 4.81. The molecule has 0 radical (unpaired) electrons. The first-order chi connectivity index (χ1) is 9.38. The van der Waals surface area contributed by atoms with Crippen molar-refractivity contribution in [1.29, 1.82) is 0 Å². The molecule has 2 unspecified atom stereocenters. The van der Waals surface area contributed by atoms with E-state index in [1.807, 2.05) is 13.0 Å². The Kier molecular flexibility index (Phi) is 5.14. The molecule has 2 rings (SSSR count). The number of aliphatic hydroxyl groups is 1. The highest BCUT2D eigenvalue weighted by Crippen LogP contribution is 2.38. The Labute approximate surface area is 128 Å². The molecule has 0 bridgehead atoms. The summed E-state index contributed by atoms with van der Waals surface area (Å²) in [5, 5.41) is 11.7. The number of rotatable bonds is 4. The first kappa shape index (κ1) is 15.9. The fourth-order valence-electron chi connectivity index (χ4n) is 3.64. The van der Waals surface area contributed by atoms with Gasteiger partial charge in [-0.05, 0) is 55.2 Å². The van der Waals surface area contributed by atoms with Crippen LogP contribution in [0.5, 0.6) is 0 Å². The minimum atomic E-state index is -0.559. The molecule has 112 valence electrons. The number of benzene rings is 1. The van der Waals surface area contributed by atoms with Crippen LogP contribution in [0, 0.1) is 18.8 Å². The summed E-state index contributed by atoms with van der Waals surface area (Å²) in [6, 6.07) is 6.15. The molecule has 0 spiro atoms. The quantitative estimate of drug-likeness (QED) is 0.813. The summed E-state index contributed by atoms with van der Waals surface area (Å²) < 4.78 is 0. The van der Waals surface area contributed by atoms with E-state index in [-0.39, 0.29) is 0 Å². The Morgan fingerprint density at radius 1 is 1.40 bits per heavy atom. The molecule has 1 saturated carbocycles. The molecule has 1 fully saturated rings. The van der Waals surface area contributed by atoms with Gasteiger partial charge in [-0.15, -0.1) is 0 Å². The maximum Gasteiger partial charge on any atom is 0.0691 e. The van der Waals surface area contributed by atoms with Crippen LogP contribution < -0.4 is 0 Å². The molecule has 1 aromatic carbocycles. The lowest BCUT2D eigenvalue weighted by Crippen LogP contribution is -2.37. The van der Waals surface area contributed by atoms with Crippen molar-refractivity contribution in [3.05, 3.63) is 34.3 Å². The average Bonchev–Trinajstić information content (AvgIpc) is 2.32. The van der Waals surface area contributed by atoms with Crippen LogP contribution in [0.25, 0.3) is 0 Å². The maximum atomic E-state index is 10.9. The van der Waals surface area contributed by atoms with Crippen molar-refractivity contribution in [3.8, 4) is 0 Å². The summed E-state index contributed by atoms with van der Waals surface area (Å²) in [5.74, 6) is 1.38. The highest BCUT2D eigenvalue weighted by molar-refractivity contribution is 6.31. The van der Waals surface area contributed by atoms with E-state index in [9.17, 15) is 5.11 Å². The Morgan fingerprint density at radius 2 is 2.15 bits per heavy atom. The Morgan fingerprint density at radius 3 is 2.80 bits per heavy atom. The van der Waals surface area contributed by atoms with Crippen LogP contribution in [0.3, 0.4) is 0 Å². The van der Waals surface area contributed by atoms with Gasteiger partial charge in [0.25, 0.3) is 0 Å². The standard InChI is InChI=1S/C18H27ClO/c1-13(2)9-15-5-4-8-18(20,11-15)12-16-7-6-14(3)10-17(16)19/h6-7,10,13,15,20H,4-5,8-9,11-12H2,1-3H3. The van der Waals surface area contributed by atoms with E-state index in [4.69, 9.17) is 11.6 Å². The smallest absolute Gasteiger partial charge is 0.0691 e. The van der Waals surface area contributed by atoms with E-state index in [0.717, 1.165) is 29.8 Å². The fourth-order valence-corrected chi connectivity index (χ4v) is 3.94. The summed E-state index contributed by atoms with van der Waals surface area (Å²) in [5.41, 5.74) is 1.70. The molecule has 20 heavy (non-hydrogen) atoms. The van der Waals surface area contributed by atoms with Gasteiger partial charge in [-0.25, -0.2) is 0 Å². The number of hydrogen-bond acceptors (Lipinski definition) is 1. The molecule has 0 saturated heterocycles. The van der Waals surface area contributed by atoms with E-state index >= 15 is 0 Å². The molecule has 2 atom stereocenters. The van der Waals surface area contributed by atoms with Crippen LogP contribution in [-0.4, -0.2) is 10.7 Å². The highest BCUT2D eigenvalue weighted by atomic mass is 35.5.